The molecule has 0 spiro atoms. The van der Waals surface area contributed by atoms with E-state index in [0.717, 1.165) is 25.0 Å². The van der Waals surface area contributed by atoms with Crippen molar-refractivity contribution in [3.8, 4) is 0 Å². The summed E-state index contributed by atoms with van der Waals surface area (Å²) in [6.45, 7) is 0. The molecule has 2 aliphatic heterocycles. The van der Waals surface area contributed by atoms with Crippen LogP contribution < -0.4 is 0 Å². The molecule has 0 amide bonds. The Bertz CT molecular complexity index is 531. The van der Waals surface area contributed by atoms with Crippen LogP contribution in [-0.4, -0.2) is 21.2 Å². The first-order valence-electron chi connectivity index (χ1n) is 6.99. The van der Waals surface area contributed by atoms with Crippen LogP contribution in [0.4, 0.5) is 17.6 Å². The van der Waals surface area contributed by atoms with Gasteiger partial charge in [-0.2, -0.15) is 24.9 Å². The summed E-state index contributed by atoms with van der Waals surface area (Å²) in [4.78, 5) is 0. The standard InChI is InChI=1S/C15H16F4OS/c16-13-5-10(15(17,18)19)2-1-9(13)6-14(20)7-11-3-4-12(8-14)21-11/h1-2,5,11-12,20H,3-4,6-8H2. The van der Waals surface area contributed by atoms with Crippen molar-refractivity contribution in [3.05, 3.63) is 35.1 Å². The second kappa shape index (κ2) is 5.16. The van der Waals surface area contributed by atoms with Crippen molar-refractivity contribution < 1.29 is 22.7 Å². The Balaban J connectivity index is 1.79. The Morgan fingerprint density at radius 1 is 1.19 bits per heavy atom. The third kappa shape index (κ3) is 3.21. The zero-order chi connectivity index (χ0) is 15.3. The van der Waals surface area contributed by atoms with Crippen LogP contribution in [0.25, 0.3) is 0 Å². The minimum absolute atomic E-state index is 0.0878. The number of rotatable bonds is 2. The molecule has 0 aliphatic carbocycles. The monoisotopic (exact) mass is 320 g/mol. The first kappa shape index (κ1) is 15.2. The van der Waals surface area contributed by atoms with Gasteiger partial charge in [-0.3, -0.25) is 0 Å². The molecule has 2 saturated heterocycles. The van der Waals surface area contributed by atoms with Crippen LogP contribution in [0, 0.1) is 5.82 Å². The molecule has 2 atom stereocenters. The van der Waals surface area contributed by atoms with Gasteiger partial charge in [0.2, 0.25) is 0 Å². The fourth-order valence-corrected chi connectivity index (χ4v) is 5.28. The van der Waals surface area contributed by atoms with Gasteiger partial charge in [0.1, 0.15) is 5.82 Å². The van der Waals surface area contributed by atoms with E-state index in [4.69, 9.17) is 0 Å². The van der Waals surface area contributed by atoms with Gasteiger partial charge in [-0.1, -0.05) is 6.07 Å². The summed E-state index contributed by atoms with van der Waals surface area (Å²) in [5.74, 6) is -0.885. The SMILES string of the molecule is OC1(Cc2ccc(C(F)(F)F)cc2F)CC2CCC(C1)S2. The first-order chi connectivity index (χ1) is 9.75. The summed E-state index contributed by atoms with van der Waals surface area (Å²) in [5, 5.41) is 11.4. The highest BCUT2D eigenvalue weighted by atomic mass is 32.2. The van der Waals surface area contributed by atoms with Crippen LogP contribution in [0.3, 0.4) is 0 Å². The van der Waals surface area contributed by atoms with Gasteiger partial charge in [-0.05, 0) is 43.4 Å². The number of hydrogen-bond donors (Lipinski definition) is 1. The lowest BCUT2D eigenvalue weighted by Crippen LogP contribution is -2.39. The first-order valence-corrected chi connectivity index (χ1v) is 7.93. The molecule has 21 heavy (non-hydrogen) atoms. The molecule has 1 aromatic carbocycles. The molecule has 1 nitrogen and oxygen atoms in total. The zero-order valence-corrected chi connectivity index (χ0v) is 12.1. The number of thioether (sulfide) groups is 1. The third-order valence-corrected chi connectivity index (χ3v) is 5.89. The van der Waals surface area contributed by atoms with Crippen LogP contribution in [0.1, 0.15) is 36.8 Å². The van der Waals surface area contributed by atoms with Gasteiger partial charge in [0.15, 0.2) is 0 Å². The van der Waals surface area contributed by atoms with E-state index in [0.29, 0.717) is 29.4 Å². The van der Waals surface area contributed by atoms with Crippen molar-refractivity contribution in [3.63, 3.8) is 0 Å². The van der Waals surface area contributed by atoms with Gasteiger partial charge >= 0.3 is 6.18 Å². The van der Waals surface area contributed by atoms with Gasteiger partial charge in [0.25, 0.3) is 0 Å². The molecule has 116 valence electrons. The molecular formula is C15H16F4OS. The Morgan fingerprint density at radius 2 is 1.81 bits per heavy atom. The Labute approximate surface area is 124 Å². The predicted octanol–water partition coefficient (Wildman–Crippen LogP) is 4.18. The molecule has 2 heterocycles. The average Bonchev–Trinajstić information content (AvgIpc) is 2.70. The fraction of sp³-hybridized carbons (Fsp3) is 0.600. The van der Waals surface area contributed by atoms with Crippen molar-refractivity contribution >= 4 is 11.8 Å². The third-order valence-electron chi connectivity index (χ3n) is 4.31. The van der Waals surface area contributed by atoms with E-state index in [-0.39, 0.29) is 12.0 Å². The molecule has 0 aromatic heterocycles. The molecule has 1 N–H and O–H groups in total. The maximum Gasteiger partial charge on any atom is 0.416 e. The van der Waals surface area contributed by atoms with E-state index in [1.54, 1.807) is 0 Å². The van der Waals surface area contributed by atoms with Crippen LogP contribution in [0.2, 0.25) is 0 Å². The minimum atomic E-state index is -4.54. The van der Waals surface area contributed by atoms with Gasteiger partial charge in [0.05, 0.1) is 11.2 Å². The summed E-state index contributed by atoms with van der Waals surface area (Å²) in [6.07, 6.45) is -1.15. The number of benzene rings is 1. The van der Waals surface area contributed by atoms with Crippen LogP contribution in [-0.2, 0) is 12.6 Å². The summed E-state index contributed by atoms with van der Waals surface area (Å²) < 4.78 is 51.5. The van der Waals surface area contributed by atoms with Crippen LogP contribution in [0.15, 0.2) is 18.2 Å². The van der Waals surface area contributed by atoms with E-state index in [1.165, 1.54) is 0 Å². The highest BCUT2D eigenvalue weighted by Gasteiger charge is 2.43. The molecule has 2 fully saturated rings. The highest BCUT2D eigenvalue weighted by molar-refractivity contribution is 8.00. The molecular weight excluding hydrogens is 304 g/mol. The lowest BCUT2D eigenvalue weighted by atomic mass is 9.86. The van der Waals surface area contributed by atoms with Crippen molar-refractivity contribution in [2.75, 3.05) is 0 Å². The molecule has 1 aromatic rings. The lowest BCUT2D eigenvalue weighted by molar-refractivity contribution is -0.137. The summed E-state index contributed by atoms with van der Waals surface area (Å²) in [5.41, 5.74) is -1.82. The summed E-state index contributed by atoms with van der Waals surface area (Å²) in [6, 6.07) is 2.55. The van der Waals surface area contributed by atoms with Crippen molar-refractivity contribution in [1.82, 2.24) is 0 Å². The van der Waals surface area contributed by atoms with Crippen molar-refractivity contribution in [2.45, 2.75) is 54.4 Å². The summed E-state index contributed by atoms with van der Waals surface area (Å²) >= 11 is 1.87. The van der Waals surface area contributed by atoms with E-state index < -0.39 is 23.2 Å². The number of alkyl halides is 3. The van der Waals surface area contributed by atoms with Gasteiger partial charge in [-0.15, -0.1) is 0 Å². The van der Waals surface area contributed by atoms with Gasteiger partial charge in [-0.25, -0.2) is 4.39 Å². The number of halogens is 4. The topological polar surface area (TPSA) is 20.2 Å². The highest BCUT2D eigenvalue weighted by Crippen LogP contribution is 2.48. The molecule has 3 rings (SSSR count). The van der Waals surface area contributed by atoms with Crippen LogP contribution >= 0.6 is 11.8 Å². The van der Waals surface area contributed by atoms with Crippen molar-refractivity contribution in [1.29, 1.82) is 0 Å². The lowest BCUT2D eigenvalue weighted by Gasteiger charge is -2.36. The number of fused-ring (bicyclic) bond motifs is 2. The van der Waals surface area contributed by atoms with E-state index in [9.17, 15) is 22.7 Å². The van der Waals surface area contributed by atoms with E-state index in [1.807, 2.05) is 11.8 Å². The second-order valence-corrected chi connectivity index (χ2v) is 7.68. The molecule has 2 bridgehead atoms. The average molecular weight is 320 g/mol. The summed E-state index contributed by atoms with van der Waals surface area (Å²) in [7, 11) is 0. The number of aliphatic hydroxyl groups is 1. The Morgan fingerprint density at radius 3 is 2.33 bits per heavy atom. The van der Waals surface area contributed by atoms with Crippen LogP contribution in [0.5, 0.6) is 0 Å². The predicted molar refractivity (Wildman–Crippen MR) is 73.7 cm³/mol. The minimum Gasteiger partial charge on any atom is -0.389 e. The maximum absolute atomic E-state index is 13.9. The number of hydrogen-bond acceptors (Lipinski definition) is 2. The molecule has 0 saturated carbocycles. The molecule has 2 unspecified atom stereocenters. The largest absolute Gasteiger partial charge is 0.416 e. The normalized spacial score (nSPS) is 32.4. The van der Waals surface area contributed by atoms with E-state index in [2.05, 4.69) is 0 Å². The smallest absolute Gasteiger partial charge is 0.389 e. The Hall–Kier alpha value is -0.750. The van der Waals surface area contributed by atoms with Crippen molar-refractivity contribution in [2.24, 2.45) is 0 Å². The molecule has 6 heteroatoms. The molecule has 0 radical (unpaired) electrons. The van der Waals surface area contributed by atoms with Gasteiger partial charge < -0.3 is 5.11 Å². The van der Waals surface area contributed by atoms with Gasteiger partial charge in [0, 0.05) is 16.9 Å². The quantitative estimate of drug-likeness (QED) is 0.825. The fourth-order valence-electron chi connectivity index (χ4n) is 3.38. The second-order valence-electron chi connectivity index (χ2n) is 6.07. The Kier molecular flexibility index (Phi) is 3.72. The molecule has 2 aliphatic rings. The maximum atomic E-state index is 13.9. The zero-order valence-electron chi connectivity index (χ0n) is 11.3. The van der Waals surface area contributed by atoms with E-state index >= 15 is 0 Å².